The quantitative estimate of drug-likeness (QED) is 0.554. The second kappa shape index (κ2) is 7.73. The van der Waals surface area contributed by atoms with Crippen molar-refractivity contribution in [1.82, 2.24) is 0 Å². The summed E-state index contributed by atoms with van der Waals surface area (Å²) in [5, 5.41) is 0. The molecule has 115 valence electrons. The van der Waals surface area contributed by atoms with Crippen molar-refractivity contribution in [2.45, 2.75) is 19.3 Å². The molecule has 0 fully saturated rings. The topological polar surface area (TPSA) is 0 Å². The first-order valence-corrected chi connectivity index (χ1v) is 8.00. The monoisotopic (exact) mass is 303 g/mol. The molecule has 0 nitrogen and oxygen atoms in total. The van der Waals surface area contributed by atoms with Crippen LogP contribution in [0.3, 0.4) is 0 Å². The van der Waals surface area contributed by atoms with Crippen molar-refractivity contribution in [3.05, 3.63) is 113 Å². The summed E-state index contributed by atoms with van der Waals surface area (Å²) < 4.78 is 14.2. The maximum Gasteiger partial charge on any atom is 0.127 e. The van der Waals surface area contributed by atoms with E-state index in [9.17, 15) is 4.39 Å². The van der Waals surface area contributed by atoms with Gasteiger partial charge >= 0.3 is 0 Å². The Hall–Kier alpha value is -2.41. The molecule has 0 aliphatic rings. The Morgan fingerprint density at radius 2 is 1.22 bits per heavy atom. The molecule has 1 radical (unpaired) electrons. The highest BCUT2D eigenvalue weighted by atomic mass is 19.1. The number of halogens is 1. The zero-order chi connectivity index (χ0) is 15.9. The summed E-state index contributed by atoms with van der Waals surface area (Å²) in [6.45, 7) is 0. The number of aryl methyl sites for hydroxylation is 1. The predicted octanol–water partition coefficient (Wildman–Crippen LogP) is 5.62. The fourth-order valence-corrected chi connectivity index (χ4v) is 2.85. The van der Waals surface area contributed by atoms with Crippen LogP contribution in [0.4, 0.5) is 4.39 Å². The lowest BCUT2D eigenvalue weighted by molar-refractivity contribution is 0.607. The average Bonchev–Trinajstić information content (AvgIpc) is 2.61. The van der Waals surface area contributed by atoms with Gasteiger partial charge in [0.1, 0.15) is 5.82 Å². The molecule has 0 unspecified atom stereocenters. The lowest BCUT2D eigenvalue weighted by Crippen LogP contribution is -2.08. The van der Waals surface area contributed by atoms with E-state index in [4.69, 9.17) is 0 Å². The Morgan fingerprint density at radius 1 is 0.652 bits per heavy atom. The lowest BCUT2D eigenvalue weighted by Gasteiger charge is -2.18. The minimum Gasteiger partial charge on any atom is -0.207 e. The third-order valence-corrected chi connectivity index (χ3v) is 4.07. The van der Waals surface area contributed by atoms with Gasteiger partial charge < -0.3 is 0 Å². The fourth-order valence-electron chi connectivity index (χ4n) is 2.85. The molecule has 0 heterocycles. The number of hydrogen-bond donors (Lipinski definition) is 0. The van der Waals surface area contributed by atoms with Crippen LogP contribution in [0.1, 0.15) is 23.1 Å². The van der Waals surface area contributed by atoms with E-state index in [1.165, 1.54) is 11.1 Å². The molecule has 0 bridgehead atoms. The molecule has 0 N–H and O–H groups in total. The summed E-state index contributed by atoms with van der Waals surface area (Å²) in [6, 6.07) is 27.7. The van der Waals surface area contributed by atoms with E-state index >= 15 is 0 Å². The van der Waals surface area contributed by atoms with E-state index in [1.807, 2.05) is 36.4 Å². The van der Waals surface area contributed by atoms with Crippen LogP contribution in [-0.4, -0.2) is 0 Å². The summed E-state index contributed by atoms with van der Waals surface area (Å²) in [5.41, 5.74) is 3.25. The van der Waals surface area contributed by atoms with Crippen LogP contribution in [0.2, 0.25) is 0 Å². The number of benzene rings is 3. The first-order chi connectivity index (χ1) is 11.3. The Kier molecular flexibility index (Phi) is 5.21. The van der Waals surface area contributed by atoms with Crippen LogP contribution in [0.15, 0.2) is 84.9 Å². The Morgan fingerprint density at radius 3 is 1.87 bits per heavy atom. The summed E-state index contributed by atoms with van der Waals surface area (Å²) >= 11 is 0. The third-order valence-electron chi connectivity index (χ3n) is 4.07. The Labute approximate surface area is 137 Å². The normalized spacial score (nSPS) is 10.9. The summed E-state index contributed by atoms with van der Waals surface area (Å²) in [6.07, 6.45) is 2.58. The van der Waals surface area contributed by atoms with E-state index in [1.54, 1.807) is 12.1 Å². The first-order valence-electron chi connectivity index (χ1n) is 8.00. The van der Waals surface area contributed by atoms with Crippen molar-refractivity contribution in [3.8, 4) is 0 Å². The minimum absolute atomic E-state index is 0.133. The van der Waals surface area contributed by atoms with Crippen LogP contribution in [0.5, 0.6) is 0 Å². The number of rotatable bonds is 6. The van der Waals surface area contributed by atoms with E-state index in [2.05, 4.69) is 36.4 Å². The SMILES string of the molecule is Fc1ccccc1[C](CCc1ccccc1)Cc1ccccc1. The maximum atomic E-state index is 14.2. The van der Waals surface area contributed by atoms with Crippen LogP contribution >= 0.6 is 0 Å². The van der Waals surface area contributed by atoms with Gasteiger partial charge in [-0.3, -0.25) is 0 Å². The van der Waals surface area contributed by atoms with Gasteiger partial charge in [-0.25, -0.2) is 4.39 Å². The van der Waals surface area contributed by atoms with E-state index in [0.29, 0.717) is 0 Å². The van der Waals surface area contributed by atoms with Crippen molar-refractivity contribution in [3.63, 3.8) is 0 Å². The third kappa shape index (κ3) is 4.29. The summed E-state index contributed by atoms with van der Waals surface area (Å²) in [4.78, 5) is 0. The van der Waals surface area contributed by atoms with Gasteiger partial charge in [0.2, 0.25) is 0 Å². The molecule has 0 saturated heterocycles. The molecule has 0 aliphatic carbocycles. The van der Waals surface area contributed by atoms with Gasteiger partial charge in [0.25, 0.3) is 0 Å². The fraction of sp³-hybridized carbons (Fsp3) is 0.136. The Bertz CT molecular complexity index is 719. The second-order valence-electron chi connectivity index (χ2n) is 5.73. The van der Waals surface area contributed by atoms with Crippen LogP contribution in [0, 0.1) is 11.7 Å². The van der Waals surface area contributed by atoms with E-state index in [0.717, 1.165) is 30.7 Å². The molecule has 3 rings (SSSR count). The van der Waals surface area contributed by atoms with Crippen LogP contribution < -0.4 is 0 Å². The van der Waals surface area contributed by atoms with Gasteiger partial charge in [-0.2, -0.15) is 0 Å². The van der Waals surface area contributed by atoms with Crippen molar-refractivity contribution in [2.24, 2.45) is 0 Å². The molecule has 0 amide bonds. The molecule has 0 spiro atoms. The standard InChI is InChI=1S/C22H20F/c23-22-14-8-7-13-21(22)20(17-19-11-5-2-6-12-19)16-15-18-9-3-1-4-10-18/h1-14H,15-17H2. The maximum absolute atomic E-state index is 14.2. The van der Waals surface area contributed by atoms with E-state index < -0.39 is 0 Å². The first kappa shape index (κ1) is 15.5. The molecule has 0 atom stereocenters. The van der Waals surface area contributed by atoms with E-state index in [-0.39, 0.29) is 5.82 Å². The molecule has 3 aromatic carbocycles. The molecule has 1 heteroatoms. The van der Waals surface area contributed by atoms with Gasteiger partial charge in [-0.05, 0) is 42.0 Å². The largest absolute Gasteiger partial charge is 0.207 e. The van der Waals surface area contributed by atoms with Crippen molar-refractivity contribution >= 4 is 0 Å². The smallest absolute Gasteiger partial charge is 0.127 e. The van der Waals surface area contributed by atoms with Crippen molar-refractivity contribution in [2.75, 3.05) is 0 Å². The molecule has 0 aromatic heterocycles. The number of hydrogen-bond acceptors (Lipinski definition) is 0. The van der Waals surface area contributed by atoms with Gasteiger partial charge in [0.15, 0.2) is 0 Å². The summed E-state index contributed by atoms with van der Waals surface area (Å²) in [5.74, 6) is 1.02. The molecule has 3 aromatic rings. The molecular formula is C22H20F. The highest BCUT2D eigenvalue weighted by Gasteiger charge is 2.17. The van der Waals surface area contributed by atoms with Gasteiger partial charge in [-0.1, -0.05) is 78.9 Å². The highest BCUT2D eigenvalue weighted by molar-refractivity contribution is 5.36. The molecule has 0 aliphatic heterocycles. The van der Waals surface area contributed by atoms with Crippen LogP contribution in [0.25, 0.3) is 0 Å². The zero-order valence-electron chi connectivity index (χ0n) is 13.1. The molecule has 23 heavy (non-hydrogen) atoms. The predicted molar refractivity (Wildman–Crippen MR) is 93.7 cm³/mol. The van der Waals surface area contributed by atoms with Crippen LogP contribution in [-0.2, 0) is 12.8 Å². The molecule has 0 saturated carbocycles. The average molecular weight is 303 g/mol. The zero-order valence-corrected chi connectivity index (χ0v) is 13.1. The Balaban J connectivity index is 1.80. The van der Waals surface area contributed by atoms with Gasteiger partial charge in [-0.15, -0.1) is 0 Å². The second-order valence-corrected chi connectivity index (χ2v) is 5.73. The van der Waals surface area contributed by atoms with Crippen molar-refractivity contribution in [1.29, 1.82) is 0 Å². The highest BCUT2D eigenvalue weighted by Crippen LogP contribution is 2.27. The molecular weight excluding hydrogens is 283 g/mol. The van der Waals surface area contributed by atoms with Gasteiger partial charge in [0, 0.05) is 5.92 Å². The van der Waals surface area contributed by atoms with Gasteiger partial charge in [0.05, 0.1) is 0 Å². The van der Waals surface area contributed by atoms with Crippen molar-refractivity contribution < 1.29 is 4.39 Å². The lowest BCUT2D eigenvalue weighted by atomic mass is 9.87. The summed E-state index contributed by atoms with van der Waals surface area (Å²) in [7, 11) is 0. The minimum atomic E-state index is -0.133.